The van der Waals surface area contributed by atoms with Gasteiger partial charge >= 0.3 is 0 Å². The van der Waals surface area contributed by atoms with Crippen LogP contribution in [0, 0.1) is 0 Å². The largest absolute Gasteiger partial charge is 0.507 e. The van der Waals surface area contributed by atoms with Gasteiger partial charge in [-0.2, -0.15) is 0 Å². The molecule has 4 nitrogen and oxygen atoms in total. The summed E-state index contributed by atoms with van der Waals surface area (Å²) in [7, 11) is 3.08. The Balaban J connectivity index is 2.49. The lowest BCUT2D eigenvalue weighted by atomic mass is 10.0. The summed E-state index contributed by atoms with van der Waals surface area (Å²) in [5.41, 5.74) is 6.73. The van der Waals surface area contributed by atoms with Crippen molar-refractivity contribution in [2.75, 3.05) is 14.2 Å². The Morgan fingerprint density at radius 3 is 2.61 bits per heavy atom. The molecule has 0 unspecified atom stereocenters. The van der Waals surface area contributed by atoms with E-state index in [9.17, 15) is 5.11 Å². The van der Waals surface area contributed by atoms with Crippen LogP contribution in [0.4, 0.5) is 0 Å². The minimum Gasteiger partial charge on any atom is -0.507 e. The minimum absolute atomic E-state index is 0.0760. The van der Waals surface area contributed by atoms with E-state index in [2.05, 4.69) is 0 Å². The van der Waals surface area contributed by atoms with Crippen LogP contribution < -0.4 is 15.2 Å². The second-order valence-corrected chi connectivity index (χ2v) is 4.73. The van der Waals surface area contributed by atoms with Crippen LogP contribution in [0.25, 0.3) is 0 Å². The highest BCUT2D eigenvalue weighted by Crippen LogP contribution is 2.39. The summed E-state index contributed by atoms with van der Waals surface area (Å²) in [5, 5.41) is 12.0. The summed E-state index contributed by atoms with van der Waals surface area (Å²) < 4.78 is 10.4. The Morgan fingerprint density at radius 2 is 2.06 bits per heavy atom. The summed E-state index contributed by atoms with van der Waals surface area (Å²) in [6, 6.07) is 6.69. The van der Waals surface area contributed by atoms with Gasteiger partial charge in [-0.15, -0.1) is 11.3 Å². The molecule has 0 saturated carbocycles. The first-order chi connectivity index (χ1) is 8.67. The molecule has 0 amide bonds. The zero-order valence-corrected chi connectivity index (χ0v) is 11.0. The fraction of sp³-hybridized carbons (Fsp3) is 0.231. The van der Waals surface area contributed by atoms with Crippen molar-refractivity contribution in [2.24, 2.45) is 5.73 Å². The van der Waals surface area contributed by atoms with Gasteiger partial charge in [0.05, 0.1) is 25.8 Å². The summed E-state index contributed by atoms with van der Waals surface area (Å²) in [4.78, 5) is 0.966. The van der Waals surface area contributed by atoms with E-state index in [1.54, 1.807) is 24.5 Å². The molecule has 2 rings (SSSR count). The fourth-order valence-corrected chi connectivity index (χ4v) is 2.53. The van der Waals surface area contributed by atoms with Crippen LogP contribution in [0.3, 0.4) is 0 Å². The predicted molar refractivity (Wildman–Crippen MR) is 71.6 cm³/mol. The summed E-state index contributed by atoms with van der Waals surface area (Å²) in [5.74, 6) is 1.13. The van der Waals surface area contributed by atoms with Gasteiger partial charge in [0, 0.05) is 17.0 Å². The summed E-state index contributed by atoms with van der Waals surface area (Å²) in [6.45, 7) is 0. The van der Waals surface area contributed by atoms with E-state index < -0.39 is 6.04 Å². The van der Waals surface area contributed by atoms with Crippen LogP contribution in [0.15, 0.2) is 29.6 Å². The third-order valence-corrected chi connectivity index (χ3v) is 3.67. The second-order valence-electron chi connectivity index (χ2n) is 3.76. The normalized spacial score (nSPS) is 12.2. The third kappa shape index (κ3) is 2.27. The van der Waals surface area contributed by atoms with Crippen molar-refractivity contribution in [1.29, 1.82) is 0 Å². The van der Waals surface area contributed by atoms with Gasteiger partial charge in [0.25, 0.3) is 0 Å². The van der Waals surface area contributed by atoms with E-state index in [4.69, 9.17) is 15.2 Å². The first-order valence-corrected chi connectivity index (χ1v) is 6.29. The molecule has 0 bridgehead atoms. The summed E-state index contributed by atoms with van der Waals surface area (Å²) in [6.07, 6.45) is 0. The number of aromatic hydroxyl groups is 1. The quantitative estimate of drug-likeness (QED) is 0.891. The van der Waals surface area contributed by atoms with Gasteiger partial charge < -0.3 is 20.3 Å². The van der Waals surface area contributed by atoms with Gasteiger partial charge in [-0.25, -0.2) is 0 Å². The monoisotopic (exact) mass is 265 g/mol. The SMILES string of the molecule is COc1cc(O)c([C@H](N)c2cccs2)c(OC)c1. The average molecular weight is 265 g/mol. The van der Waals surface area contributed by atoms with E-state index in [-0.39, 0.29) is 5.75 Å². The summed E-state index contributed by atoms with van der Waals surface area (Å²) >= 11 is 1.54. The number of benzene rings is 1. The molecule has 1 atom stereocenters. The van der Waals surface area contributed by atoms with Gasteiger partial charge in [0.2, 0.25) is 0 Å². The minimum atomic E-state index is -0.411. The maximum Gasteiger partial charge on any atom is 0.131 e. The molecular formula is C13H15NO3S. The molecule has 3 N–H and O–H groups in total. The molecule has 0 fully saturated rings. The molecule has 0 aliphatic rings. The van der Waals surface area contributed by atoms with Crippen LogP contribution in [-0.2, 0) is 0 Å². The maximum absolute atomic E-state index is 10.1. The van der Waals surface area contributed by atoms with Crippen molar-refractivity contribution < 1.29 is 14.6 Å². The molecule has 0 spiro atoms. The molecule has 0 saturated heterocycles. The van der Waals surface area contributed by atoms with Crippen LogP contribution in [0.5, 0.6) is 17.2 Å². The lowest BCUT2D eigenvalue weighted by molar-refractivity contribution is 0.377. The fourth-order valence-electron chi connectivity index (χ4n) is 1.80. The number of methoxy groups -OCH3 is 2. The van der Waals surface area contributed by atoms with Gasteiger partial charge in [0.15, 0.2) is 0 Å². The smallest absolute Gasteiger partial charge is 0.131 e. The Bertz CT molecular complexity index is 525. The van der Waals surface area contributed by atoms with E-state index in [0.717, 1.165) is 4.88 Å². The number of phenols is 1. The van der Waals surface area contributed by atoms with Gasteiger partial charge in [-0.3, -0.25) is 0 Å². The van der Waals surface area contributed by atoms with Crippen molar-refractivity contribution in [3.05, 3.63) is 40.1 Å². The molecular weight excluding hydrogens is 250 g/mol. The van der Waals surface area contributed by atoms with Gasteiger partial charge in [-0.05, 0) is 11.4 Å². The number of ether oxygens (including phenoxy) is 2. The van der Waals surface area contributed by atoms with E-state index >= 15 is 0 Å². The van der Waals surface area contributed by atoms with Crippen LogP contribution in [0.1, 0.15) is 16.5 Å². The number of rotatable bonds is 4. The van der Waals surface area contributed by atoms with Crippen molar-refractivity contribution in [3.8, 4) is 17.2 Å². The third-order valence-electron chi connectivity index (χ3n) is 2.71. The molecule has 96 valence electrons. The van der Waals surface area contributed by atoms with Crippen molar-refractivity contribution in [3.63, 3.8) is 0 Å². The van der Waals surface area contributed by atoms with Crippen LogP contribution in [-0.4, -0.2) is 19.3 Å². The maximum atomic E-state index is 10.1. The second kappa shape index (κ2) is 5.29. The molecule has 1 heterocycles. The molecule has 1 aromatic heterocycles. The average Bonchev–Trinajstić information content (AvgIpc) is 2.90. The Labute approximate surface area is 110 Å². The van der Waals surface area contributed by atoms with Crippen LogP contribution >= 0.6 is 11.3 Å². The molecule has 5 heteroatoms. The first-order valence-electron chi connectivity index (χ1n) is 5.41. The number of nitrogens with two attached hydrogens (primary N) is 1. The molecule has 18 heavy (non-hydrogen) atoms. The van der Waals surface area contributed by atoms with Crippen molar-refractivity contribution in [2.45, 2.75) is 6.04 Å². The number of hydrogen-bond donors (Lipinski definition) is 2. The number of phenolic OH excluding ortho intramolecular Hbond substituents is 1. The van der Waals surface area contributed by atoms with E-state index in [1.807, 2.05) is 17.5 Å². The number of thiophene rings is 1. The predicted octanol–water partition coefficient (Wildman–Crippen LogP) is 2.52. The molecule has 0 aliphatic heterocycles. The van der Waals surface area contributed by atoms with Crippen molar-refractivity contribution in [1.82, 2.24) is 0 Å². The van der Waals surface area contributed by atoms with E-state index in [0.29, 0.717) is 17.1 Å². The topological polar surface area (TPSA) is 64.7 Å². The highest BCUT2D eigenvalue weighted by molar-refractivity contribution is 7.10. The Hall–Kier alpha value is -1.72. The van der Waals surface area contributed by atoms with Gasteiger partial charge in [0.1, 0.15) is 17.2 Å². The first kappa shape index (κ1) is 12.7. The van der Waals surface area contributed by atoms with Crippen molar-refractivity contribution >= 4 is 11.3 Å². The zero-order valence-electron chi connectivity index (χ0n) is 10.2. The van der Waals surface area contributed by atoms with E-state index in [1.165, 1.54) is 13.2 Å². The highest BCUT2D eigenvalue weighted by Gasteiger charge is 2.20. The standard InChI is InChI=1S/C13H15NO3S/c1-16-8-6-9(15)12(10(7-8)17-2)13(14)11-4-3-5-18-11/h3-7,13,15H,14H2,1-2H3/t13-/m1/s1. The lowest BCUT2D eigenvalue weighted by Crippen LogP contribution is -2.12. The number of hydrogen-bond acceptors (Lipinski definition) is 5. The molecule has 2 aromatic rings. The van der Waals surface area contributed by atoms with Gasteiger partial charge in [-0.1, -0.05) is 6.07 Å². The Kier molecular flexibility index (Phi) is 3.74. The zero-order chi connectivity index (χ0) is 13.1. The lowest BCUT2D eigenvalue weighted by Gasteiger charge is -2.17. The highest BCUT2D eigenvalue weighted by atomic mass is 32.1. The Morgan fingerprint density at radius 1 is 1.28 bits per heavy atom. The molecule has 0 aliphatic carbocycles. The molecule has 0 radical (unpaired) electrons. The van der Waals surface area contributed by atoms with Crippen LogP contribution in [0.2, 0.25) is 0 Å². The molecule has 1 aromatic carbocycles.